The van der Waals surface area contributed by atoms with Crippen molar-refractivity contribution >= 4 is 22.9 Å². The van der Waals surface area contributed by atoms with Crippen molar-refractivity contribution in [2.45, 2.75) is 32.1 Å². The zero-order valence-electron chi connectivity index (χ0n) is 11.4. The van der Waals surface area contributed by atoms with Gasteiger partial charge in [-0.3, -0.25) is 0 Å². The molecule has 0 bridgehead atoms. The fourth-order valence-corrected chi connectivity index (χ4v) is 2.88. The number of aryl methyl sites for hydroxylation is 2. The molecule has 5 heteroatoms. The van der Waals surface area contributed by atoms with Crippen molar-refractivity contribution in [3.8, 4) is 5.75 Å². The first-order chi connectivity index (χ1) is 9.69. The molecule has 1 aromatic heterocycles. The summed E-state index contributed by atoms with van der Waals surface area (Å²) in [6, 6.07) is 4.90. The Balaban J connectivity index is 1.70. The molecule has 2 rings (SSSR count). The van der Waals surface area contributed by atoms with Gasteiger partial charge in [-0.25, -0.2) is 9.37 Å². The van der Waals surface area contributed by atoms with Crippen molar-refractivity contribution in [3.05, 3.63) is 45.7 Å². The molecule has 0 fully saturated rings. The van der Waals surface area contributed by atoms with Crippen LogP contribution in [0.4, 0.5) is 4.39 Å². The maximum atomic E-state index is 13.4. The first-order valence-corrected chi connectivity index (χ1v) is 7.98. The van der Waals surface area contributed by atoms with E-state index in [-0.39, 0.29) is 5.82 Å². The van der Waals surface area contributed by atoms with E-state index in [1.165, 1.54) is 6.07 Å². The van der Waals surface area contributed by atoms with Gasteiger partial charge in [0.1, 0.15) is 0 Å². The number of rotatable bonds is 7. The topological polar surface area (TPSA) is 22.1 Å². The molecule has 0 N–H and O–H groups in total. The Hall–Kier alpha value is -1.13. The third kappa shape index (κ3) is 4.46. The summed E-state index contributed by atoms with van der Waals surface area (Å²) in [7, 11) is 0. The highest BCUT2D eigenvalue weighted by molar-refractivity contribution is 7.09. The normalized spacial score (nSPS) is 10.8. The Morgan fingerprint density at radius 1 is 1.35 bits per heavy atom. The van der Waals surface area contributed by atoms with Crippen LogP contribution in [0.2, 0.25) is 0 Å². The summed E-state index contributed by atoms with van der Waals surface area (Å²) in [5, 5.41) is 3.09. The molecule has 0 spiro atoms. The van der Waals surface area contributed by atoms with Crippen molar-refractivity contribution in [2.75, 3.05) is 6.61 Å². The highest BCUT2D eigenvalue weighted by Crippen LogP contribution is 2.19. The Kier molecular flexibility index (Phi) is 5.80. The van der Waals surface area contributed by atoms with Crippen molar-refractivity contribution in [1.82, 2.24) is 4.98 Å². The number of ether oxygens (including phenoxy) is 1. The van der Waals surface area contributed by atoms with Crippen molar-refractivity contribution in [2.24, 2.45) is 0 Å². The number of alkyl halides is 1. The molecule has 0 amide bonds. The molecular weight excluding hydrogens is 297 g/mol. The lowest BCUT2D eigenvalue weighted by molar-refractivity contribution is 0.292. The van der Waals surface area contributed by atoms with E-state index in [4.69, 9.17) is 16.3 Å². The first kappa shape index (κ1) is 15.3. The molecule has 0 aliphatic carbocycles. The van der Waals surface area contributed by atoms with Gasteiger partial charge in [0, 0.05) is 5.38 Å². The van der Waals surface area contributed by atoms with E-state index in [9.17, 15) is 4.39 Å². The van der Waals surface area contributed by atoms with Crippen LogP contribution in [-0.4, -0.2) is 11.6 Å². The molecule has 0 radical (unpaired) electrons. The number of unbranched alkanes of at least 4 members (excludes halogenated alkanes) is 1. The molecule has 0 aliphatic heterocycles. The molecule has 1 aromatic carbocycles. The second-order valence-electron chi connectivity index (χ2n) is 4.61. The highest BCUT2D eigenvalue weighted by Gasteiger charge is 2.04. The predicted molar refractivity (Wildman–Crippen MR) is 81.2 cm³/mol. The van der Waals surface area contributed by atoms with Gasteiger partial charge in [0.05, 0.1) is 23.2 Å². The maximum absolute atomic E-state index is 13.4. The molecular formula is C15H17ClFNOS. The summed E-state index contributed by atoms with van der Waals surface area (Å²) in [6.07, 6.45) is 2.77. The number of hydrogen-bond donors (Lipinski definition) is 0. The number of nitrogens with zero attached hydrogens (tertiary/aromatic N) is 1. The zero-order valence-corrected chi connectivity index (χ0v) is 12.9. The van der Waals surface area contributed by atoms with E-state index in [0.717, 1.165) is 35.5 Å². The van der Waals surface area contributed by atoms with E-state index in [1.54, 1.807) is 23.5 Å². The summed E-state index contributed by atoms with van der Waals surface area (Å²) < 4.78 is 18.9. The highest BCUT2D eigenvalue weighted by atomic mass is 35.5. The lowest BCUT2D eigenvalue weighted by Gasteiger charge is -2.07. The van der Waals surface area contributed by atoms with Gasteiger partial charge in [0.15, 0.2) is 11.6 Å². The van der Waals surface area contributed by atoms with Crippen LogP contribution < -0.4 is 4.74 Å². The first-order valence-electron chi connectivity index (χ1n) is 6.57. The smallest absolute Gasteiger partial charge is 0.165 e. The van der Waals surface area contributed by atoms with Crippen LogP contribution >= 0.6 is 22.9 Å². The van der Waals surface area contributed by atoms with Crippen LogP contribution in [0.3, 0.4) is 0 Å². The number of hydrogen-bond acceptors (Lipinski definition) is 3. The van der Waals surface area contributed by atoms with Crippen LogP contribution in [-0.2, 0) is 12.3 Å². The van der Waals surface area contributed by atoms with Gasteiger partial charge >= 0.3 is 0 Å². The standard InChI is InChI=1S/C15H17ClFNOS/c1-11-5-6-13(17)14(8-11)19-7-3-2-4-15-18-12(9-16)10-20-15/h5-6,8,10H,2-4,7,9H2,1H3. The minimum atomic E-state index is -0.303. The quantitative estimate of drug-likeness (QED) is 0.544. The third-order valence-electron chi connectivity index (χ3n) is 2.87. The van der Waals surface area contributed by atoms with Gasteiger partial charge in [-0.05, 0) is 43.9 Å². The van der Waals surface area contributed by atoms with Crippen LogP contribution in [0.1, 0.15) is 29.1 Å². The summed E-state index contributed by atoms with van der Waals surface area (Å²) >= 11 is 7.34. The molecule has 1 heterocycles. The molecule has 0 saturated heterocycles. The van der Waals surface area contributed by atoms with Crippen LogP contribution in [0, 0.1) is 12.7 Å². The molecule has 0 unspecified atom stereocenters. The summed E-state index contributed by atoms with van der Waals surface area (Å²) in [5.74, 6) is 0.498. The van der Waals surface area contributed by atoms with Crippen molar-refractivity contribution in [3.63, 3.8) is 0 Å². The molecule has 2 nitrogen and oxygen atoms in total. The SMILES string of the molecule is Cc1ccc(F)c(OCCCCc2nc(CCl)cs2)c1. The summed E-state index contributed by atoms with van der Waals surface area (Å²) in [5.41, 5.74) is 1.93. The van der Waals surface area contributed by atoms with Crippen LogP contribution in [0.15, 0.2) is 23.6 Å². The Morgan fingerprint density at radius 2 is 2.20 bits per heavy atom. The van der Waals surface area contributed by atoms with Gasteiger partial charge in [-0.2, -0.15) is 0 Å². The molecule has 0 saturated carbocycles. The monoisotopic (exact) mass is 313 g/mol. The molecule has 20 heavy (non-hydrogen) atoms. The van der Waals surface area contributed by atoms with Crippen molar-refractivity contribution < 1.29 is 9.13 Å². The van der Waals surface area contributed by atoms with Crippen molar-refractivity contribution in [1.29, 1.82) is 0 Å². The maximum Gasteiger partial charge on any atom is 0.165 e. The average molecular weight is 314 g/mol. The molecule has 108 valence electrons. The van der Waals surface area contributed by atoms with E-state index >= 15 is 0 Å². The zero-order chi connectivity index (χ0) is 14.4. The molecule has 2 aromatic rings. The minimum Gasteiger partial charge on any atom is -0.491 e. The lowest BCUT2D eigenvalue weighted by atomic mass is 10.2. The van der Waals surface area contributed by atoms with Gasteiger partial charge < -0.3 is 4.74 Å². The summed E-state index contributed by atoms with van der Waals surface area (Å²) in [6.45, 7) is 2.44. The van der Waals surface area contributed by atoms with Crippen LogP contribution in [0.5, 0.6) is 5.75 Å². The third-order valence-corrected chi connectivity index (χ3v) is 4.10. The second kappa shape index (κ2) is 7.60. The summed E-state index contributed by atoms with van der Waals surface area (Å²) in [4.78, 5) is 4.40. The van der Waals surface area contributed by atoms with E-state index in [1.807, 2.05) is 12.3 Å². The Labute approximate surface area is 127 Å². The Morgan fingerprint density at radius 3 is 2.95 bits per heavy atom. The second-order valence-corrected chi connectivity index (χ2v) is 5.82. The van der Waals surface area contributed by atoms with Gasteiger partial charge in [0.2, 0.25) is 0 Å². The van der Waals surface area contributed by atoms with E-state index in [0.29, 0.717) is 18.2 Å². The van der Waals surface area contributed by atoms with E-state index < -0.39 is 0 Å². The minimum absolute atomic E-state index is 0.303. The van der Waals surface area contributed by atoms with Gasteiger partial charge in [-0.15, -0.1) is 22.9 Å². The Bertz CT molecular complexity index is 559. The number of halogens is 2. The number of aromatic nitrogens is 1. The molecule has 0 atom stereocenters. The predicted octanol–water partition coefficient (Wildman–Crippen LogP) is 4.73. The lowest BCUT2D eigenvalue weighted by Crippen LogP contribution is -2.00. The number of thiazole rings is 1. The number of benzene rings is 1. The average Bonchev–Trinajstić information content (AvgIpc) is 2.90. The van der Waals surface area contributed by atoms with E-state index in [2.05, 4.69) is 4.98 Å². The fraction of sp³-hybridized carbons (Fsp3) is 0.400. The van der Waals surface area contributed by atoms with Gasteiger partial charge in [-0.1, -0.05) is 6.07 Å². The fourth-order valence-electron chi connectivity index (χ4n) is 1.81. The molecule has 0 aliphatic rings. The van der Waals surface area contributed by atoms with Gasteiger partial charge in [0.25, 0.3) is 0 Å². The van der Waals surface area contributed by atoms with Crippen LogP contribution in [0.25, 0.3) is 0 Å². The largest absolute Gasteiger partial charge is 0.491 e.